The minimum atomic E-state index is -0.545. The molecule has 110 valence electrons. The summed E-state index contributed by atoms with van der Waals surface area (Å²) in [5.74, 6) is -0.679. The molecular weight excluding hydrogens is 282 g/mol. The third-order valence-electron chi connectivity index (χ3n) is 3.08. The zero-order valence-corrected chi connectivity index (χ0v) is 11.8. The lowest BCUT2D eigenvalue weighted by Gasteiger charge is -2.32. The van der Waals surface area contributed by atoms with Crippen LogP contribution in [0.15, 0.2) is 24.3 Å². The summed E-state index contributed by atoms with van der Waals surface area (Å²) in [7, 11) is 0. The molecule has 4 N–H and O–H groups in total. The molecule has 6 nitrogen and oxygen atoms in total. The van der Waals surface area contributed by atoms with Crippen LogP contribution < -0.4 is 11.5 Å². The van der Waals surface area contributed by atoms with Crippen LogP contribution in [0, 0.1) is 0 Å². The topological polar surface area (TPSA) is 98.6 Å². The highest BCUT2D eigenvalue weighted by molar-refractivity contribution is 5.99. The molecule has 1 aromatic carbocycles. The second-order valence-corrected chi connectivity index (χ2v) is 4.42. The highest BCUT2D eigenvalue weighted by Gasteiger charge is 2.24. The Bertz CT molecular complexity index is 496. The van der Waals surface area contributed by atoms with E-state index in [1.54, 1.807) is 23.1 Å². The minimum absolute atomic E-state index is 0. The number of carbonyl (C=O) groups is 2. The van der Waals surface area contributed by atoms with E-state index in [2.05, 4.69) is 0 Å². The number of carbonyl (C=O) groups excluding carboxylic acids is 2. The maximum atomic E-state index is 12.3. The highest BCUT2D eigenvalue weighted by Crippen LogP contribution is 2.12. The molecule has 7 heteroatoms. The Hall–Kier alpha value is -1.63. The van der Waals surface area contributed by atoms with Crippen LogP contribution in [0.25, 0.3) is 0 Å². The highest BCUT2D eigenvalue weighted by atomic mass is 35.5. The Labute approximate surface area is 123 Å². The van der Waals surface area contributed by atoms with Crippen LogP contribution >= 0.6 is 12.4 Å². The summed E-state index contributed by atoms with van der Waals surface area (Å²) in [6, 6.07) is 6.41. The smallest absolute Gasteiger partial charge is 0.254 e. The Kier molecular flexibility index (Phi) is 5.94. The van der Waals surface area contributed by atoms with Crippen LogP contribution in [0.1, 0.15) is 20.7 Å². The summed E-state index contributed by atoms with van der Waals surface area (Å²) in [5.41, 5.74) is 11.5. The normalized spacial score (nSPS) is 18.2. The van der Waals surface area contributed by atoms with Gasteiger partial charge < -0.3 is 21.1 Å². The van der Waals surface area contributed by atoms with E-state index in [4.69, 9.17) is 16.2 Å². The van der Waals surface area contributed by atoms with E-state index in [-0.39, 0.29) is 24.4 Å². The molecule has 1 fully saturated rings. The number of morpholine rings is 1. The van der Waals surface area contributed by atoms with Gasteiger partial charge in [-0.25, -0.2) is 0 Å². The van der Waals surface area contributed by atoms with Crippen molar-refractivity contribution < 1.29 is 14.3 Å². The fourth-order valence-corrected chi connectivity index (χ4v) is 2.03. The van der Waals surface area contributed by atoms with E-state index in [0.717, 1.165) is 0 Å². The van der Waals surface area contributed by atoms with Crippen molar-refractivity contribution in [2.24, 2.45) is 11.5 Å². The first-order chi connectivity index (χ1) is 9.11. The van der Waals surface area contributed by atoms with E-state index in [0.29, 0.717) is 37.4 Å². The summed E-state index contributed by atoms with van der Waals surface area (Å²) in [6.07, 6.45) is -0.128. The first-order valence-electron chi connectivity index (χ1n) is 6.12. The average Bonchev–Trinajstić information content (AvgIpc) is 2.46. The number of primary amides is 1. The minimum Gasteiger partial charge on any atom is -0.373 e. The number of nitrogens with two attached hydrogens (primary N) is 2. The van der Waals surface area contributed by atoms with Crippen molar-refractivity contribution in [1.29, 1.82) is 0 Å². The molecule has 0 aromatic heterocycles. The van der Waals surface area contributed by atoms with Crippen LogP contribution in [-0.2, 0) is 4.74 Å². The van der Waals surface area contributed by atoms with E-state index in [1.165, 1.54) is 6.07 Å². The number of benzene rings is 1. The summed E-state index contributed by atoms with van der Waals surface area (Å²) in [5, 5.41) is 0. The Morgan fingerprint density at radius 2 is 2.05 bits per heavy atom. The number of hydrogen-bond donors (Lipinski definition) is 2. The predicted molar refractivity (Wildman–Crippen MR) is 76.9 cm³/mol. The molecule has 0 saturated carbocycles. The second-order valence-electron chi connectivity index (χ2n) is 4.42. The van der Waals surface area contributed by atoms with Crippen LogP contribution in [0.2, 0.25) is 0 Å². The fourth-order valence-electron chi connectivity index (χ4n) is 2.03. The first kappa shape index (κ1) is 16.4. The zero-order valence-electron chi connectivity index (χ0n) is 11.0. The van der Waals surface area contributed by atoms with Crippen LogP contribution in [0.4, 0.5) is 0 Å². The molecule has 20 heavy (non-hydrogen) atoms. The molecule has 2 amide bonds. The van der Waals surface area contributed by atoms with E-state index < -0.39 is 5.91 Å². The molecule has 1 unspecified atom stereocenters. The van der Waals surface area contributed by atoms with Crippen LogP contribution in [0.5, 0.6) is 0 Å². The molecule has 0 spiro atoms. The molecule has 0 bridgehead atoms. The molecule has 1 aromatic rings. The van der Waals surface area contributed by atoms with Gasteiger partial charge in [-0.15, -0.1) is 12.4 Å². The molecule has 0 radical (unpaired) electrons. The van der Waals surface area contributed by atoms with Gasteiger partial charge in [-0.2, -0.15) is 0 Å². The van der Waals surface area contributed by atoms with Crippen molar-refractivity contribution in [2.45, 2.75) is 6.10 Å². The summed E-state index contributed by atoms with van der Waals surface area (Å²) >= 11 is 0. The molecule has 1 atom stereocenters. The van der Waals surface area contributed by atoms with Gasteiger partial charge in [-0.3, -0.25) is 9.59 Å². The lowest BCUT2D eigenvalue weighted by atomic mass is 10.1. The number of halogens is 1. The largest absolute Gasteiger partial charge is 0.373 e. The number of nitrogens with zero attached hydrogens (tertiary/aromatic N) is 1. The van der Waals surface area contributed by atoms with Gasteiger partial charge in [-0.05, 0) is 18.2 Å². The SMILES string of the molecule is Cl.NCC1CN(C(=O)c2cccc(C(N)=O)c2)CCO1. The lowest BCUT2D eigenvalue weighted by molar-refractivity contribution is -0.0167. The molecule has 0 aliphatic carbocycles. The lowest BCUT2D eigenvalue weighted by Crippen LogP contribution is -2.48. The van der Waals surface area contributed by atoms with E-state index >= 15 is 0 Å². The summed E-state index contributed by atoms with van der Waals surface area (Å²) in [4.78, 5) is 25.1. The Morgan fingerprint density at radius 1 is 1.35 bits per heavy atom. The van der Waals surface area contributed by atoms with Gasteiger partial charge in [0.25, 0.3) is 5.91 Å². The van der Waals surface area contributed by atoms with Gasteiger partial charge in [0.05, 0.1) is 12.7 Å². The monoisotopic (exact) mass is 299 g/mol. The second kappa shape index (κ2) is 7.23. The standard InChI is InChI=1S/C13H17N3O3.ClH/c14-7-11-8-16(4-5-19-11)13(18)10-3-1-2-9(6-10)12(15)17;/h1-3,6,11H,4-5,7-8,14H2,(H2,15,17);1H. The fraction of sp³-hybridized carbons (Fsp3) is 0.385. The maximum Gasteiger partial charge on any atom is 0.254 e. The van der Waals surface area contributed by atoms with Gasteiger partial charge in [0.2, 0.25) is 5.91 Å². The number of hydrogen-bond acceptors (Lipinski definition) is 4. The van der Waals surface area contributed by atoms with E-state index in [9.17, 15) is 9.59 Å². The van der Waals surface area contributed by atoms with Crippen molar-refractivity contribution in [3.8, 4) is 0 Å². The van der Waals surface area contributed by atoms with Crippen molar-refractivity contribution in [3.05, 3.63) is 35.4 Å². The zero-order chi connectivity index (χ0) is 13.8. The van der Waals surface area contributed by atoms with Crippen molar-refractivity contribution in [3.63, 3.8) is 0 Å². The maximum absolute atomic E-state index is 12.3. The van der Waals surface area contributed by atoms with Gasteiger partial charge in [0.15, 0.2) is 0 Å². The van der Waals surface area contributed by atoms with Crippen LogP contribution in [-0.4, -0.2) is 49.1 Å². The predicted octanol–water partition coefficient (Wildman–Crippen LogP) is 0.00700. The number of rotatable bonds is 3. The average molecular weight is 300 g/mol. The van der Waals surface area contributed by atoms with Crippen molar-refractivity contribution >= 4 is 24.2 Å². The molecule has 1 aliphatic rings. The van der Waals surface area contributed by atoms with Crippen molar-refractivity contribution in [1.82, 2.24) is 4.90 Å². The summed E-state index contributed by atoms with van der Waals surface area (Å²) < 4.78 is 5.41. The van der Waals surface area contributed by atoms with Gasteiger partial charge in [0.1, 0.15) is 0 Å². The quantitative estimate of drug-likeness (QED) is 0.821. The Balaban J connectivity index is 0.00000200. The Morgan fingerprint density at radius 3 is 2.70 bits per heavy atom. The molecule has 1 saturated heterocycles. The third kappa shape index (κ3) is 3.69. The number of ether oxygens (including phenoxy) is 1. The van der Waals surface area contributed by atoms with Crippen LogP contribution in [0.3, 0.4) is 0 Å². The summed E-state index contributed by atoms with van der Waals surface area (Å²) in [6.45, 7) is 1.85. The van der Waals surface area contributed by atoms with Gasteiger partial charge >= 0.3 is 0 Å². The van der Waals surface area contributed by atoms with Crippen molar-refractivity contribution in [2.75, 3.05) is 26.2 Å². The van der Waals surface area contributed by atoms with Gasteiger partial charge in [-0.1, -0.05) is 6.07 Å². The van der Waals surface area contributed by atoms with E-state index in [1.807, 2.05) is 0 Å². The molecule has 1 heterocycles. The molecule has 2 rings (SSSR count). The third-order valence-corrected chi connectivity index (χ3v) is 3.08. The van der Waals surface area contributed by atoms with Gasteiger partial charge in [0, 0.05) is 30.8 Å². The molecular formula is C13H18ClN3O3. The first-order valence-corrected chi connectivity index (χ1v) is 6.12. The molecule has 1 aliphatic heterocycles. The number of amides is 2.